The highest BCUT2D eigenvalue weighted by molar-refractivity contribution is 6.29. The quantitative estimate of drug-likeness (QED) is 0.648. The van der Waals surface area contributed by atoms with Gasteiger partial charge in [-0.3, -0.25) is 0 Å². The Morgan fingerprint density at radius 2 is 2.38 bits per heavy atom. The summed E-state index contributed by atoms with van der Waals surface area (Å²) in [5.41, 5.74) is 3.12. The van der Waals surface area contributed by atoms with Crippen LogP contribution in [0.2, 0.25) is 5.15 Å². The molecule has 0 bridgehead atoms. The Bertz CT molecular complexity index is 338. The number of aliphatic hydroxyl groups is 1. The van der Waals surface area contributed by atoms with Gasteiger partial charge in [-0.25, -0.2) is 4.98 Å². The van der Waals surface area contributed by atoms with Gasteiger partial charge < -0.3 is 5.11 Å². The van der Waals surface area contributed by atoms with E-state index in [2.05, 4.69) is 4.98 Å². The third-order valence-electron chi connectivity index (χ3n) is 2.57. The summed E-state index contributed by atoms with van der Waals surface area (Å²) >= 11 is 5.83. The lowest BCUT2D eigenvalue weighted by Gasteiger charge is -2.21. The lowest BCUT2D eigenvalue weighted by Crippen LogP contribution is -2.12. The Kier molecular flexibility index (Phi) is 2.26. The van der Waals surface area contributed by atoms with Crippen molar-refractivity contribution in [2.75, 3.05) is 0 Å². The average molecular weight is 198 g/mol. The summed E-state index contributed by atoms with van der Waals surface area (Å²) in [5.74, 6) is 0. The van der Waals surface area contributed by atoms with Gasteiger partial charge in [-0.2, -0.15) is 0 Å². The molecule has 0 amide bonds. The van der Waals surface area contributed by atoms with E-state index < -0.39 is 6.10 Å². The molecule has 3 heteroatoms. The fraction of sp³-hybridized carbons (Fsp3) is 0.500. The van der Waals surface area contributed by atoms with E-state index in [1.54, 1.807) is 0 Å². The van der Waals surface area contributed by atoms with Crippen LogP contribution in [0, 0.1) is 6.92 Å². The zero-order chi connectivity index (χ0) is 9.42. The Labute approximate surface area is 82.6 Å². The molecule has 0 aliphatic heterocycles. The summed E-state index contributed by atoms with van der Waals surface area (Å²) in [6.45, 7) is 2.02. The van der Waals surface area contributed by atoms with E-state index in [0.717, 1.165) is 30.5 Å². The first-order valence-corrected chi connectivity index (χ1v) is 4.90. The normalized spacial score (nSPS) is 21.3. The molecular weight excluding hydrogens is 186 g/mol. The largest absolute Gasteiger partial charge is 0.387 e. The number of aromatic nitrogens is 1. The molecule has 0 saturated carbocycles. The molecular formula is C10H12ClNO. The van der Waals surface area contributed by atoms with E-state index >= 15 is 0 Å². The number of aryl methyl sites for hydroxylation is 1. The zero-order valence-electron chi connectivity index (χ0n) is 7.55. The van der Waals surface area contributed by atoms with E-state index in [1.165, 1.54) is 5.56 Å². The van der Waals surface area contributed by atoms with Crippen LogP contribution in [-0.4, -0.2) is 10.1 Å². The van der Waals surface area contributed by atoms with Crippen molar-refractivity contribution in [1.29, 1.82) is 0 Å². The number of hydrogen-bond acceptors (Lipinski definition) is 2. The van der Waals surface area contributed by atoms with Gasteiger partial charge in [-0.15, -0.1) is 0 Å². The molecule has 0 unspecified atom stereocenters. The number of nitrogens with zero attached hydrogens (tertiary/aromatic N) is 1. The van der Waals surface area contributed by atoms with Crippen molar-refractivity contribution in [3.05, 3.63) is 28.0 Å². The Morgan fingerprint density at radius 3 is 3.15 bits per heavy atom. The predicted molar refractivity (Wildman–Crippen MR) is 51.9 cm³/mol. The second kappa shape index (κ2) is 3.28. The maximum absolute atomic E-state index is 9.69. The Morgan fingerprint density at radius 1 is 1.62 bits per heavy atom. The van der Waals surface area contributed by atoms with Crippen molar-refractivity contribution in [3.63, 3.8) is 0 Å². The molecule has 1 aliphatic carbocycles. The van der Waals surface area contributed by atoms with E-state index in [9.17, 15) is 5.11 Å². The van der Waals surface area contributed by atoms with Gasteiger partial charge in [0.2, 0.25) is 0 Å². The lowest BCUT2D eigenvalue weighted by molar-refractivity contribution is 0.151. The zero-order valence-corrected chi connectivity index (χ0v) is 8.30. The first kappa shape index (κ1) is 8.97. The topological polar surface area (TPSA) is 33.1 Å². The fourth-order valence-electron chi connectivity index (χ4n) is 1.89. The van der Waals surface area contributed by atoms with E-state index in [1.807, 2.05) is 13.0 Å². The van der Waals surface area contributed by atoms with Crippen molar-refractivity contribution in [3.8, 4) is 0 Å². The molecule has 70 valence electrons. The summed E-state index contributed by atoms with van der Waals surface area (Å²) in [6.07, 6.45) is 2.45. The van der Waals surface area contributed by atoms with Crippen LogP contribution < -0.4 is 0 Å². The smallest absolute Gasteiger partial charge is 0.129 e. The molecule has 0 spiro atoms. The van der Waals surface area contributed by atoms with E-state index in [0.29, 0.717) is 5.15 Å². The Hall–Kier alpha value is -0.600. The molecule has 1 aliphatic rings. The van der Waals surface area contributed by atoms with Gasteiger partial charge in [0, 0.05) is 0 Å². The number of aliphatic hydroxyl groups excluding tert-OH is 1. The summed E-state index contributed by atoms with van der Waals surface area (Å²) in [7, 11) is 0. The minimum atomic E-state index is -0.416. The maximum Gasteiger partial charge on any atom is 0.129 e. The first-order chi connectivity index (χ1) is 6.18. The molecule has 1 aromatic heterocycles. The van der Waals surface area contributed by atoms with Gasteiger partial charge >= 0.3 is 0 Å². The molecule has 1 aromatic rings. The number of pyridine rings is 1. The van der Waals surface area contributed by atoms with Crippen molar-refractivity contribution in [1.82, 2.24) is 4.98 Å². The molecule has 2 nitrogen and oxygen atoms in total. The van der Waals surface area contributed by atoms with E-state index in [-0.39, 0.29) is 0 Å². The van der Waals surface area contributed by atoms with Gasteiger partial charge in [0.25, 0.3) is 0 Å². The highest BCUT2D eigenvalue weighted by atomic mass is 35.5. The summed E-state index contributed by atoms with van der Waals surface area (Å²) in [5, 5.41) is 10.2. The molecule has 0 saturated heterocycles. The van der Waals surface area contributed by atoms with Crippen LogP contribution in [0.3, 0.4) is 0 Å². The summed E-state index contributed by atoms with van der Waals surface area (Å²) in [6, 6.07) is 1.86. The number of rotatable bonds is 0. The number of halogens is 1. The molecule has 2 rings (SSSR count). The summed E-state index contributed by atoms with van der Waals surface area (Å²) < 4.78 is 0. The highest BCUT2D eigenvalue weighted by Gasteiger charge is 2.21. The fourth-order valence-corrected chi connectivity index (χ4v) is 2.15. The molecule has 0 radical (unpaired) electrons. The minimum Gasteiger partial charge on any atom is -0.387 e. The van der Waals surface area contributed by atoms with Crippen LogP contribution in [-0.2, 0) is 6.42 Å². The van der Waals surface area contributed by atoms with Crippen molar-refractivity contribution < 1.29 is 5.11 Å². The van der Waals surface area contributed by atoms with Crippen LogP contribution in [0.25, 0.3) is 0 Å². The molecule has 13 heavy (non-hydrogen) atoms. The standard InChI is InChI=1S/C10H12ClNO/c1-6-5-9(11)12-10-7(6)3-2-4-8(10)13/h5,8,13H,2-4H2,1H3/t8-/m0/s1. The first-order valence-electron chi connectivity index (χ1n) is 4.52. The second-order valence-electron chi connectivity index (χ2n) is 3.53. The summed E-state index contributed by atoms with van der Waals surface area (Å²) in [4.78, 5) is 4.17. The van der Waals surface area contributed by atoms with Crippen molar-refractivity contribution >= 4 is 11.6 Å². The maximum atomic E-state index is 9.69. The SMILES string of the molecule is Cc1cc(Cl)nc2c1CCC[C@@H]2O. The van der Waals surface area contributed by atoms with Crippen LogP contribution in [0.15, 0.2) is 6.07 Å². The van der Waals surface area contributed by atoms with Gasteiger partial charge in [0.05, 0.1) is 11.8 Å². The van der Waals surface area contributed by atoms with Gasteiger partial charge in [-0.1, -0.05) is 11.6 Å². The average Bonchev–Trinajstić information content (AvgIpc) is 2.07. The van der Waals surface area contributed by atoms with Gasteiger partial charge in [0.1, 0.15) is 5.15 Å². The molecule has 1 atom stereocenters. The van der Waals surface area contributed by atoms with Crippen molar-refractivity contribution in [2.45, 2.75) is 32.3 Å². The monoisotopic (exact) mass is 197 g/mol. The molecule has 0 fully saturated rings. The molecule has 1 heterocycles. The molecule has 0 aromatic carbocycles. The van der Waals surface area contributed by atoms with E-state index in [4.69, 9.17) is 11.6 Å². The Balaban J connectivity index is 2.56. The minimum absolute atomic E-state index is 0.416. The van der Waals surface area contributed by atoms with Crippen LogP contribution in [0.4, 0.5) is 0 Å². The third kappa shape index (κ3) is 1.56. The van der Waals surface area contributed by atoms with Crippen LogP contribution in [0.1, 0.15) is 35.8 Å². The molecule has 1 N–H and O–H groups in total. The lowest BCUT2D eigenvalue weighted by atomic mass is 9.91. The second-order valence-corrected chi connectivity index (χ2v) is 3.92. The van der Waals surface area contributed by atoms with Gasteiger partial charge in [0.15, 0.2) is 0 Å². The van der Waals surface area contributed by atoms with Crippen LogP contribution in [0.5, 0.6) is 0 Å². The number of hydrogen-bond donors (Lipinski definition) is 1. The van der Waals surface area contributed by atoms with Crippen molar-refractivity contribution in [2.24, 2.45) is 0 Å². The highest BCUT2D eigenvalue weighted by Crippen LogP contribution is 2.31. The number of fused-ring (bicyclic) bond motifs is 1. The predicted octanol–water partition coefficient (Wildman–Crippen LogP) is 2.41. The third-order valence-corrected chi connectivity index (χ3v) is 2.76. The van der Waals surface area contributed by atoms with Gasteiger partial charge in [-0.05, 0) is 43.4 Å². The van der Waals surface area contributed by atoms with Crippen LogP contribution >= 0.6 is 11.6 Å².